The molecule has 13 atom stereocenters. The van der Waals surface area contributed by atoms with Gasteiger partial charge in [0.2, 0.25) is 0 Å². The maximum Gasteiger partial charge on any atom is 0.469 e. The first-order valence-corrected chi connectivity index (χ1v) is 28.8. The van der Waals surface area contributed by atoms with Crippen LogP contribution in [0.1, 0.15) is 74.3 Å². The first-order chi connectivity index (χ1) is 35.7. The summed E-state index contributed by atoms with van der Waals surface area (Å²) >= 11 is 0. The number of aromatic amines is 2. The molecule has 33 heteroatoms. The highest BCUT2D eigenvalue weighted by atomic mass is 31.2. The lowest BCUT2D eigenvalue weighted by Gasteiger charge is -2.34. The van der Waals surface area contributed by atoms with Gasteiger partial charge in [-0.15, -0.1) is 0 Å². The number of methoxy groups -OCH3 is 3. The largest absolute Gasteiger partial charge is 0.469 e. The first-order valence-electron chi connectivity index (χ1n) is 23.8. The SMILES string of the molecule is C=C1NC(=O)C=CN1[C@@H]1O[C@H](/C(C)=C/P(=O)(O)O)C(OC(C)C)[C@@H]1OC.CO[C@H]1C(OC(C)C)[C@@H](C(C)OP(=O)(O)O)O[C@H]1n1ccc(=O)[nH]c1=O.CO[C@H]1C(OC(C)C)[C@@H](CCP(=O)(O)O)O[C@H]1n1ccc(=O)[nH]c1=O. The van der Waals surface area contributed by atoms with Crippen molar-refractivity contribution < 1.29 is 95.0 Å². The highest BCUT2D eigenvalue weighted by molar-refractivity contribution is 7.55. The Morgan fingerprint density at radius 2 is 1.16 bits per heavy atom. The third-order valence-electron chi connectivity index (χ3n) is 11.6. The molecular weight excluding hydrogens is 1090 g/mol. The smallest absolute Gasteiger partial charge is 0.374 e. The van der Waals surface area contributed by atoms with Crippen LogP contribution in [0.4, 0.5) is 0 Å². The number of aromatic nitrogens is 4. The van der Waals surface area contributed by atoms with Crippen molar-refractivity contribution >= 4 is 28.9 Å². The van der Waals surface area contributed by atoms with Gasteiger partial charge in [0.15, 0.2) is 18.7 Å². The van der Waals surface area contributed by atoms with Crippen LogP contribution < -0.4 is 27.8 Å². The quantitative estimate of drug-likeness (QED) is 0.0818. The molecule has 3 saturated heterocycles. The molecule has 9 N–H and O–H groups in total. The van der Waals surface area contributed by atoms with E-state index in [0.29, 0.717) is 11.4 Å². The van der Waals surface area contributed by atoms with E-state index in [9.17, 15) is 47.5 Å². The Morgan fingerprint density at radius 3 is 1.60 bits per heavy atom. The monoisotopic (exact) mass is 1160 g/mol. The molecule has 4 aliphatic rings. The van der Waals surface area contributed by atoms with E-state index in [1.807, 2.05) is 27.7 Å². The third kappa shape index (κ3) is 18.7. The Morgan fingerprint density at radius 1 is 0.688 bits per heavy atom. The van der Waals surface area contributed by atoms with E-state index < -0.39 is 125 Å². The third-order valence-corrected chi connectivity index (χ3v) is 13.8. The zero-order chi connectivity index (χ0) is 58.1. The normalized spacial score (nSPS) is 28.4. The van der Waals surface area contributed by atoms with E-state index in [-0.39, 0.29) is 36.8 Å². The number of carbonyl (C=O) groups is 1. The minimum atomic E-state index is -4.76. The standard InChI is InChI=1S/C16H25N2O7P.C14H23N2O9P.C14H23N2O8P/c1-9(2)24-14-13(10(3)8-26(20,21)22)25-16(15(14)23-5)18-7-6-12(19)17-11(18)4;1-7(2)23-11-10(8(3)25-26(19,20)21)24-13(12(11)22-4)16-6-5-9(17)15-14(16)18;1-8(2)23-11-9(5-7-25(19,20)21)24-13(12(11)22-3)16-6-4-10(17)15-14(16)18/h6-9,13-16H,4H2,1-3,5H3,(H,17,19)(H2,20,21,22);5-8,10-13H,1-4H3,(H,15,17,18)(H2,19,20,21);4,6,8-9,11-13H,5,7H2,1-3H3,(H,15,17,18)(H2,19,20,21)/b10-8+;;/t13-,14?,15+,16-;8?,10-,11?,12+,13-;9-,11?,12+,13-/m111/s1. The van der Waals surface area contributed by atoms with E-state index in [1.54, 1.807) is 25.7 Å². The molecule has 30 nitrogen and oxygen atoms in total. The molecule has 3 fully saturated rings. The summed E-state index contributed by atoms with van der Waals surface area (Å²) in [6, 6.07) is 2.33. The van der Waals surface area contributed by atoms with Crippen molar-refractivity contribution in [3.63, 3.8) is 0 Å². The predicted molar refractivity (Wildman–Crippen MR) is 270 cm³/mol. The lowest BCUT2D eigenvalue weighted by atomic mass is 10.0. The number of phosphoric acid groups is 1. The average molecular weight is 1160 g/mol. The molecule has 1 amide bonds. The number of hydrogen-bond donors (Lipinski definition) is 9. The summed E-state index contributed by atoms with van der Waals surface area (Å²) < 4.78 is 92.4. The topological polar surface area (TPSA) is 407 Å². The van der Waals surface area contributed by atoms with Crippen molar-refractivity contribution in [2.45, 2.75) is 160 Å². The van der Waals surface area contributed by atoms with Gasteiger partial charge in [-0.25, -0.2) is 14.2 Å². The van der Waals surface area contributed by atoms with Gasteiger partial charge in [-0.1, -0.05) is 6.58 Å². The minimum absolute atomic E-state index is 0.0378. The highest BCUT2D eigenvalue weighted by Gasteiger charge is 2.52. The average Bonchev–Trinajstić information content (AvgIpc) is 3.94. The van der Waals surface area contributed by atoms with Gasteiger partial charge in [-0.05, 0) is 67.4 Å². The fourth-order valence-electron chi connectivity index (χ4n) is 8.71. The number of rotatable bonds is 20. The van der Waals surface area contributed by atoms with Gasteiger partial charge in [0, 0.05) is 63.9 Å². The van der Waals surface area contributed by atoms with Crippen molar-refractivity contribution in [1.29, 1.82) is 0 Å². The molecule has 0 bridgehead atoms. The van der Waals surface area contributed by atoms with Crippen LogP contribution in [0.5, 0.6) is 0 Å². The fraction of sp³-hybridized carbons (Fsp3) is 0.659. The Bertz CT molecular complexity index is 2760. The maximum atomic E-state index is 12.1. The van der Waals surface area contributed by atoms with Gasteiger partial charge in [-0.3, -0.25) is 47.1 Å². The minimum Gasteiger partial charge on any atom is -0.374 e. The summed E-state index contributed by atoms with van der Waals surface area (Å²) in [5.41, 5.74) is -2.15. The fourth-order valence-corrected chi connectivity index (χ4v) is 10.5. The zero-order valence-corrected chi connectivity index (χ0v) is 46.8. The van der Waals surface area contributed by atoms with E-state index in [2.05, 4.69) is 21.9 Å². The van der Waals surface area contributed by atoms with Crippen molar-refractivity contribution in [2.24, 2.45) is 0 Å². The maximum absolute atomic E-state index is 12.1. The Kier molecular flexibility index (Phi) is 23.7. The van der Waals surface area contributed by atoms with Crippen LogP contribution in [-0.4, -0.2) is 172 Å². The second kappa shape index (κ2) is 27.9. The molecule has 77 heavy (non-hydrogen) atoms. The number of hydrogen-bond acceptors (Lipinski definition) is 19. The number of phosphoric ester groups is 1. The number of amides is 1. The van der Waals surface area contributed by atoms with Gasteiger partial charge in [-0.2, -0.15) is 0 Å². The van der Waals surface area contributed by atoms with Crippen LogP contribution in [0.3, 0.4) is 0 Å². The van der Waals surface area contributed by atoms with Crippen LogP contribution in [0.2, 0.25) is 0 Å². The molecule has 436 valence electrons. The van der Waals surface area contributed by atoms with Crippen molar-refractivity contribution in [3.05, 3.63) is 102 Å². The molecule has 0 spiro atoms. The summed E-state index contributed by atoms with van der Waals surface area (Å²) in [5, 5.41) is 2.58. The summed E-state index contributed by atoms with van der Waals surface area (Å²) in [7, 11) is -9.03. The van der Waals surface area contributed by atoms with Crippen molar-refractivity contribution in [2.75, 3.05) is 27.5 Å². The van der Waals surface area contributed by atoms with Crippen molar-refractivity contribution in [3.8, 4) is 0 Å². The van der Waals surface area contributed by atoms with E-state index in [0.717, 1.165) is 16.5 Å². The predicted octanol–water partition coefficient (Wildman–Crippen LogP) is 0.569. The molecule has 0 radical (unpaired) electrons. The summed E-state index contributed by atoms with van der Waals surface area (Å²) in [4.78, 5) is 119. The number of H-pyrrole nitrogens is 2. The zero-order valence-electron chi connectivity index (χ0n) is 44.1. The first kappa shape index (κ1) is 65.4. The van der Waals surface area contributed by atoms with Gasteiger partial charge >= 0.3 is 34.4 Å². The summed E-state index contributed by atoms with van der Waals surface area (Å²) in [5.74, 6) is 0.874. The van der Waals surface area contributed by atoms with Crippen LogP contribution in [-0.2, 0) is 65.6 Å². The number of ether oxygens (including phenoxy) is 9. The number of nitrogens with one attached hydrogen (secondary N) is 3. The second-order valence-electron chi connectivity index (χ2n) is 18.7. The second-order valence-corrected chi connectivity index (χ2v) is 23.1. The lowest BCUT2D eigenvalue weighted by molar-refractivity contribution is -0.118. The molecular formula is C44H71N6O24P3. The Labute approximate surface area is 441 Å². The van der Waals surface area contributed by atoms with Crippen LogP contribution in [0.25, 0.3) is 0 Å². The van der Waals surface area contributed by atoms with Gasteiger partial charge < -0.3 is 82.2 Å². The van der Waals surface area contributed by atoms with Crippen LogP contribution in [0.15, 0.2) is 79.8 Å². The molecule has 0 aliphatic carbocycles. The Balaban J connectivity index is 0.000000249. The molecule has 4 aliphatic heterocycles. The van der Waals surface area contributed by atoms with Crippen LogP contribution >= 0.6 is 23.0 Å². The highest BCUT2D eigenvalue weighted by Crippen LogP contribution is 2.44. The lowest BCUT2D eigenvalue weighted by Crippen LogP contribution is -2.47. The van der Waals surface area contributed by atoms with Gasteiger partial charge in [0.05, 0.1) is 36.7 Å². The summed E-state index contributed by atoms with van der Waals surface area (Å²) in [6.45, 7) is 17.7. The van der Waals surface area contributed by atoms with E-state index in [1.165, 1.54) is 63.6 Å². The molecule has 0 aromatic carbocycles. The summed E-state index contributed by atoms with van der Waals surface area (Å²) in [6.07, 6.45) is -5.58. The molecule has 6 heterocycles. The Hall–Kier alpha value is -4.10. The van der Waals surface area contributed by atoms with Gasteiger partial charge in [0.1, 0.15) is 54.7 Å². The molecule has 6 rings (SSSR count). The van der Waals surface area contributed by atoms with E-state index >= 15 is 0 Å². The number of carbonyl (C=O) groups excluding carboxylic acids is 1. The molecule has 2 aromatic heterocycles. The van der Waals surface area contributed by atoms with Crippen molar-refractivity contribution in [1.82, 2.24) is 29.3 Å². The number of nitrogens with zero attached hydrogens (tertiary/aromatic N) is 3. The van der Waals surface area contributed by atoms with Gasteiger partial charge in [0.25, 0.3) is 17.0 Å². The molecule has 0 saturated carbocycles. The van der Waals surface area contributed by atoms with Crippen LogP contribution in [0, 0.1) is 0 Å². The van der Waals surface area contributed by atoms with E-state index in [4.69, 9.17) is 66.7 Å². The molecule has 2 aromatic rings. The molecule has 4 unspecified atom stereocenters.